The molecule has 0 aromatic rings. The van der Waals surface area contributed by atoms with Crippen LogP contribution in [0.25, 0.3) is 0 Å². The smallest absolute Gasteiger partial charge is 0.326 e. The number of carboxylic acids is 1. The minimum absolute atomic E-state index is 0.229. The van der Waals surface area contributed by atoms with E-state index in [2.05, 4.69) is 16.9 Å². The van der Waals surface area contributed by atoms with Gasteiger partial charge in [-0.05, 0) is 37.2 Å². The van der Waals surface area contributed by atoms with E-state index < -0.39 is 12.0 Å². The quantitative estimate of drug-likeness (QED) is 0.513. The molecule has 0 aromatic carbocycles. The van der Waals surface area contributed by atoms with Crippen molar-refractivity contribution in [1.29, 1.82) is 0 Å². The lowest BCUT2D eigenvalue weighted by atomic mass is 10.0. The van der Waals surface area contributed by atoms with Gasteiger partial charge in [-0.3, -0.25) is 0 Å². The van der Waals surface area contributed by atoms with Crippen molar-refractivity contribution in [2.45, 2.75) is 52.0 Å². The van der Waals surface area contributed by atoms with Crippen molar-refractivity contribution in [1.82, 2.24) is 10.6 Å². The molecule has 0 saturated carbocycles. The molecule has 0 aliphatic rings. The molecule has 6 heteroatoms. The summed E-state index contributed by atoms with van der Waals surface area (Å²) in [5, 5.41) is 14.2. The molecular weight excluding hydrogens is 276 g/mol. The van der Waals surface area contributed by atoms with Crippen LogP contribution in [0.4, 0.5) is 4.79 Å². The second kappa shape index (κ2) is 11.9. The normalized spacial score (nSPS) is 12.2. The van der Waals surface area contributed by atoms with Crippen molar-refractivity contribution in [3.05, 3.63) is 0 Å². The van der Waals surface area contributed by atoms with Crippen molar-refractivity contribution >= 4 is 23.8 Å². The molecule has 0 aromatic heterocycles. The van der Waals surface area contributed by atoms with Gasteiger partial charge in [-0.1, -0.05) is 26.7 Å². The summed E-state index contributed by atoms with van der Waals surface area (Å²) >= 11 is 1.85. The van der Waals surface area contributed by atoms with Gasteiger partial charge >= 0.3 is 12.0 Å². The number of carbonyl (C=O) groups is 2. The van der Waals surface area contributed by atoms with Crippen LogP contribution in [-0.2, 0) is 4.79 Å². The van der Waals surface area contributed by atoms with Gasteiger partial charge in [0.2, 0.25) is 0 Å². The van der Waals surface area contributed by atoms with E-state index in [1.165, 1.54) is 18.6 Å². The number of amides is 2. The fourth-order valence-electron chi connectivity index (χ4n) is 1.83. The standard InChI is InChI=1S/C14H28N2O3S/c1-11(2)10-12(13(17)18)16-14(19)15-8-6-4-5-7-9-20-3/h11-12H,4-10H2,1-3H3,(H,17,18)(H2,15,16,19)/t12-/m0/s1. The second-order valence-electron chi connectivity index (χ2n) is 5.33. The van der Waals surface area contributed by atoms with E-state index in [1.54, 1.807) is 0 Å². The maximum Gasteiger partial charge on any atom is 0.326 e. The summed E-state index contributed by atoms with van der Waals surface area (Å²) in [6.07, 6.45) is 6.95. The van der Waals surface area contributed by atoms with Crippen molar-refractivity contribution in [2.75, 3.05) is 18.6 Å². The summed E-state index contributed by atoms with van der Waals surface area (Å²) in [5.41, 5.74) is 0. The predicted molar refractivity (Wildman–Crippen MR) is 84.3 cm³/mol. The Morgan fingerprint density at radius 2 is 1.80 bits per heavy atom. The number of rotatable bonds is 11. The molecule has 118 valence electrons. The van der Waals surface area contributed by atoms with Gasteiger partial charge in [0.1, 0.15) is 6.04 Å². The summed E-state index contributed by atoms with van der Waals surface area (Å²) in [4.78, 5) is 22.6. The van der Waals surface area contributed by atoms with Gasteiger partial charge in [0.05, 0.1) is 0 Å². The van der Waals surface area contributed by atoms with Crippen LogP contribution in [0.5, 0.6) is 0 Å². The Labute approximate surface area is 126 Å². The van der Waals surface area contributed by atoms with Gasteiger partial charge in [-0.2, -0.15) is 11.8 Å². The van der Waals surface area contributed by atoms with E-state index in [0.717, 1.165) is 12.8 Å². The van der Waals surface area contributed by atoms with Crippen LogP contribution in [0, 0.1) is 5.92 Å². The number of nitrogens with one attached hydrogen (secondary N) is 2. The molecule has 0 saturated heterocycles. The SMILES string of the molecule is CSCCCCCCNC(=O)N[C@@H](CC(C)C)C(=O)O. The molecular formula is C14H28N2O3S. The average Bonchev–Trinajstić information content (AvgIpc) is 2.36. The molecule has 0 fully saturated rings. The third kappa shape index (κ3) is 11.0. The molecule has 0 aliphatic heterocycles. The lowest BCUT2D eigenvalue weighted by molar-refractivity contribution is -0.139. The van der Waals surface area contributed by atoms with Gasteiger partial charge < -0.3 is 15.7 Å². The van der Waals surface area contributed by atoms with E-state index in [9.17, 15) is 9.59 Å². The van der Waals surface area contributed by atoms with Crippen LogP contribution in [0.1, 0.15) is 46.0 Å². The first-order chi connectivity index (χ1) is 9.47. The highest BCUT2D eigenvalue weighted by Crippen LogP contribution is 2.05. The van der Waals surface area contributed by atoms with Crippen LogP contribution in [0.3, 0.4) is 0 Å². The van der Waals surface area contributed by atoms with E-state index in [1.807, 2.05) is 25.6 Å². The number of hydrogen-bond donors (Lipinski definition) is 3. The van der Waals surface area contributed by atoms with Crippen molar-refractivity contribution in [2.24, 2.45) is 5.92 Å². The number of thioether (sulfide) groups is 1. The maximum atomic E-state index is 11.6. The fraction of sp³-hybridized carbons (Fsp3) is 0.857. The largest absolute Gasteiger partial charge is 0.480 e. The summed E-state index contributed by atoms with van der Waals surface area (Å²) in [6, 6.07) is -1.20. The second-order valence-corrected chi connectivity index (χ2v) is 6.31. The Kier molecular flexibility index (Phi) is 11.3. The minimum Gasteiger partial charge on any atom is -0.480 e. The van der Waals surface area contributed by atoms with Crippen LogP contribution < -0.4 is 10.6 Å². The molecule has 2 amide bonds. The van der Waals surface area contributed by atoms with Crippen molar-refractivity contribution in [3.8, 4) is 0 Å². The molecule has 0 rings (SSSR count). The zero-order chi connectivity index (χ0) is 15.4. The maximum absolute atomic E-state index is 11.6. The van der Waals surface area contributed by atoms with E-state index in [4.69, 9.17) is 5.11 Å². The van der Waals surface area contributed by atoms with Crippen LogP contribution in [0.2, 0.25) is 0 Å². The lowest BCUT2D eigenvalue weighted by Gasteiger charge is -2.16. The molecule has 0 heterocycles. The molecule has 0 unspecified atom stereocenters. The highest BCUT2D eigenvalue weighted by molar-refractivity contribution is 7.98. The first-order valence-electron chi connectivity index (χ1n) is 7.23. The van der Waals surface area contributed by atoms with Gasteiger partial charge in [0, 0.05) is 6.54 Å². The highest BCUT2D eigenvalue weighted by atomic mass is 32.2. The number of aliphatic carboxylic acids is 1. The van der Waals surface area contributed by atoms with Gasteiger partial charge in [-0.15, -0.1) is 0 Å². The molecule has 5 nitrogen and oxygen atoms in total. The zero-order valence-corrected chi connectivity index (χ0v) is 13.6. The van der Waals surface area contributed by atoms with Crippen LogP contribution in [-0.4, -0.2) is 41.7 Å². The Bertz CT molecular complexity index is 286. The number of unbranched alkanes of at least 4 members (excludes halogenated alkanes) is 3. The van der Waals surface area contributed by atoms with Gasteiger partial charge in [0.25, 0.3) is 0 Å². The Hall–Kier alpha value is -0.910. The Balaban J connectivity index is 3.72. The predicted octanol–water partition coefficient (Wildman–Crippen LogP) is 2.71. The molecule has 0 spiro atoms. The molecule has 1 atom stereocenters. The number of carboxylic acid groups (broad SMARTS) is 1. The third-order valence-electron chi connectivity index (χ3n) is 2.87. The number of urea groups is 1. The number of carbonyl (C=O) groups excluding carboxylic acids is 1. The van der Waals surface area contributed by atoms with Gasteiger partial charge in [0.15, 0.2) is 0 Å². The minimum atomic E-state index is -0.981. The van der Waals surface area contributed by atoms with Gasteiger partial charge in [-0.25, -0.2) is 9.59 Å². The zero-order valence-electron chi connectivity index (χ0n) is 12.8. The summed E-state index contributed by atoms with van der Waals surface area (Å²) < 4.78 is 0. The molecule has 0 aliphatic carbocycles. The number of hydrogen-bond acceptors (Lipinski definition) is 3. The average molecular weight is 304 g/mol. The fourth-order valence-corrected chi connectivity index (χ4v) is 2.32. The first kappa shape index (κ1) is 19.1. The third-order valence-corrected chi connectivity index (χ3v) is 3.57. The molecule has 0 bridgehead atoms. The topological polar surface area (TPSA) is 78.4 Å². The Morgan fingerprint density at radius 3 is 2.35 bits per heavy atom. The van der Waals surface area contributed by atoms with E-state index in [0.29, 0.717) is 13.0 Å². The summed E-state index contributed by atoms with van der Waals surface area (Å²) in [6.45, 7) is 4.47. The first-order valence-corrected chi connectivity index (χ1v) is 8.62. The molecule has 3 N–H and O–H groups in total. The summed E-state index contributed by atoms with van der Waals surface area (Å²) in [5.74, 6) is 0.433. The monoisotopic (exact) mass is 304 g/mol. The van der Waals surface area contributed by atoms with Crippen molar-refractivity contribution < 1.29 is 14.7 Å². The lowest BCUT2D eigenvalue weighted by Crippen LogP contribution is -2.46. The van der Waals surface area contributed by atoms with E-state index in [-0.39, 0.29) is 11.9 Å². The summed E-state index contributed by atoms with van der Waals surface area (Å²) in [7, 11) is 0. The van der Waals surface area contributed by atoms with Crippen molar-refractivity contribution in [3.63, 3.8) is 0 Å². The highest BCUT2D eigenvalue weighted by Gasteiger charge is 2.20. The molecule has 20 heavy (non-hydrogen) atoms. The van der Waals surface area contributed by atoms with Crippen LogP contribution >= 0.6 is 11.8 Å². The van der Waals surface area contributed by atoms with E-state index >= 15 is 0 Å². The van der Waals surface area contributed by atoms with Crippen LogP contribution in [0.15, 0.2) is 0 Å². The Morgan fingerprint density at radius 1 is 1.15 bits per heavy atom. The molecule has 0 radical (unpaired) electrons.